The topological polar surface area (TPSA) is 38.1 Å². The third-order valence-corrected chi connectivity index (χ3v) is 4.33. The van der Waals surface area contributed by atoms with Gasteiger partial charge in [0.15, 0.2) is 0 Å². The van der Waals surface area contributed by atoms with Crippen LogP contribution in [0.5, 0.6) is 0 Å². The lowest BCUT2D eigenvalue weighted by atomic mass is 9.69. The molecule has 108 valence electrons. The highest BCUT2D eigenvalue weighted by Gasteiger charge is 2.44. The van der Waals surface area contributed by atoms with E-state index in [1.165, 1.54) is 0 Å². The molecule has 5 heteroatoms. The minimum Gasteiger partial charge on any atom is -0.299 e. The summed E-state index contributed by atoms with van der Waals surface area (Å²) in [6.45, 7) is 6.11. The predicted molar refractivity (Wildman–Crippen MR) is 80.0 cm³/mol. The molecule has 0 N–H and O–H groups in total. The zero-order valence-corrected chi connectivity index (χ0v) is 12.8. The van der Waals surface area contributed by atoms with Gasteiger partial charge in [0, 0.05) is 12.4 Å². The second-order valence-corrected chi connectivity index (χ2v) is 5.64. The summed E-state index contributed by atoms with van der Waals surface area (Å²) >= 11 is 6.50. The number of carbonyl (C=O) groups is 1. The zero-order valence-electron chi connectivity index (χ0n) is 12.1. The Morgan fingerprint density at radius 1 is 1.60 bits per heavy atom. The molecule has 0 aromatic carbocycles. The highest BCUT2D eigenvalue weighted by molar-refractivity contribution is 6.14. The second kappa shape index (κ2) is 5.94. The van der Waals surface area contributed by atoms with Crippen LogP contribution in [0.3, 0.4) is 0 Å². The molecule has 0 amide bonds. The average molecular weight is 294 g/mol. The highest BCUT2D eigenvalue weighted by atomic mass is 35.5. The summed E-state index contributed by atoms with van der Waals surface area (Å²) < 4.78 is 3.42. The fraction of sp³-hybridized carbons (Fsp3) is 0.467. The van der Waals surface area contributed by atoms with Gasteiger partial charge in [0.2, 0.25) is 0 Å². The Balaban J connectivity index is 2.31. The van der Waals surface area contributed by atoms with Gasteiger partial charge in [0.05, 0.1) is 11.5 Å². The minimum atomic E-state index is -0.562. The Hall–Kier alpha value is -1.39. The first-order valence-electron chi connectivity index (χ1n) is 6.78. The molecule has 20 heavy (non-hydrogen) atoms. The molecule has 0 spiro atoms. The Morgan fingerprint density at radius 2 is 2.35 bits per heavy atom. The second-order valence-electron chi connectivity index (χ2n) is 5.21. The summed E-state index contributed by atoms with van der Waals surface area (Å²) in [6.07, 6.45) is 10.2. The number of allylic oxidation sites excluding steroid dienone is 2. The zero-order chi connectivity index (χ0) is 14.8. The van der Waals surface area contributed by atoms with Gasteiger partial charge in [-0.2, -0.15) is 9.52 Å². The van der Waals surface area contributed by atoms with E-state index in [0.717, 1.165) is 12.0 Å². The number of hydrogen-bond acceptors (Lipinski definition) is 3. The number of carbonyl (C=O) groups excluding carboxylic acids is 1. The van der Waals surface area contributed by atoms with Crippen LogP contribution < -0.4 is 0 Å². The van der Waals surface area contributed by atoms with Gasteiger partial charge >= 0.3 is 0 Å². The summed E-state index contributed by atoms with van der Waals surface area (Å²) in [6, 6.07) is 1.70. The Kier molecular flexibility index (Phi) is 4.45. The van der Waals surface area contributed by atoms with Gasteiger partial charge < -0.3 is 0 Å². The van der Waals surface area contributed by atoms with E-state index in [2.05, 4.69) is 5.10 Å². The first kappa shape index (κ1) is 15.0. The third-order valence-electron chi connectivity index (χ3n) is 4.03. The summed E-state index contributed by atoms with van der Waals surface area (Å²) in [5, 5.41) is 4.16. The highest BCUT2D eigenvalue weighted by Crippen LogP contribution is 2.40. The number of ketones is 1. The number of halogens is 1. The van der Waals surface area contributed by atoms with Crippen LogP contribution in [-0.4, -0.2) is 26.0 Å². The molecule has 0 saturated carbocycles. The molecule has 4 nitrogen and oxygen atoms in total. The van der Waals surface area contributed by atoms with E-state index >= 15 is 0 Å². The van der Waals surface area contributed by atoms with E-state index < -0.39 is 5.41 Å². The molecule has 0 bridgehead atoms. The first-order valence-corrected chi connectivity index (χ1v) is 7.12. The average Bonchev–Trinajstić information content (AvgIpc) is 2.90. The lowest BCUT2D eigenvalue weighted by molar-refractivity contribution is -0.126. The van der Waals surface area contributed by atoms with Crippen LogP contribution in [0.2, 0.25) is 0 Å². The van der Waals surface area contributed by atoms with Gasteiger partial charge in [-0.25, -0.2) is 0 Å². The molecule has 0 radical (unpaired) electrons. The van der Waals surface area contributed by atoms with Crippen LogP contribution in [0.1, 0.15) is 27.2 Å². The van der Waals surface area contributed by atoms with Gasteiger partial charge in [-0.1, -0.05) is 30.7 Å². The molecule has 1 aromatic rings. The number of nitrogens with zero attached hydrogens (tertiary/aromatic N) is 3. The van der Waals surface area contributed by atoms with Crippen molar-refractivity contribution < 1.29 is 4.79 Å². The summed E-state index contributed by atoms with van der Waals surface area (Å²) in [7, 11) is 0. The van der Waals surface area contributed by atoms with Gasteiger partial charge in [-0.05, 0) is 38.1 Å². The van der Waals surface area contributed by atoms with Crippen molar-refractivity contribution in [1.82, 2.24) is 14.2 Å². The molecule has 1 aromatic heterocycles. The SMILES string of the molecule is CCC1(C(C)=O)C=CC=C(C)C1N(Cl)Cn1cccn1. The number of rotatable bonds is 5. The fourth-order valence-electron chi connectivity index (χ4n) is 2.91. The van der Waals surface area contributed by atoms with Crippen molar-refractivity contribution in [3.05, 3.63) is 42.3 Å². The van der Waals surface area contributed by atoms with E-state index in [-0.39, 0.29) is 11.8 Å². The first-order chi connectivity index (χ1) is 9.51. The van der Waals surface area contributed by atoms with Crippen molar-refractivity contribution in [1.29, 1.82) is 0 Å². The largest absolute Gasteiger partial charge is 0.299 e. The maximum Gasteiger partial charge on any atom is 0.141 e. The monoisotopic (exact) mass is 293 g/mol. The molecule has 1 aliphatic carbocycles. The van der Waals surface area contributed by atoms with Crippen LogP contribution in [0, 0.1) is 5.41 Å². The van der Waals surface area contributed by atoms with Crippen LogP contribution in [0.4, 0.5) is 0 Å². The van der Waals surface area contributed by atoms with Crippen molar-refractivity contribution in [3.63, 3.8) is 0 Å². The third kappa shape index (κ3) is 2.58. The minimum absolute atomic E-state index is 0.139. The van der Waals surface area contributed by atoms with Crippen molar-refractivity contribution in [2.24, 2.45) is 5.41 Å². The standard InChI is InChI=1S/C15H20ClN3O/c1-4-15(13(3)20)8-5-7-12(2)14(15)19(16)11-18-10-6-9-17-18/h5-10,14H,4,11H2,1-3H3. The molecule has 0 saturated heterocycles. The van der Waals surface area contributed by atoms with E-state index in [0.29, 0.717) is 6.67 Å². The number of Topliss-reactive ketones (excluding diaryl/α,β-unsaturated/α-hetero) is 1. The van der Waals surface area contributed by atoms with E-state index in [4.69, 9.17) is 11.8 Å². The summed E-state index contributed by atoms with van der Waals surface area (Å²) in [4.78, 5) is 12.2. The molecule has 2 atom stereocenters. The molecular formula is C15H20ClN3O. The van der Waals surface area contributed by atoms with Crippen LogP contribution in [0.25, 0.3) is 0 Å². The molecule has 1 heterocycles. The lowest BCUT2D eigenvalue weighted by Gasteiger charge is -2.42. The number of hydrogen-bond donors (Lipinski definition) is 0. The lowest BCUT2D eigenvalue weighted by Crippen LogP contribution is -2.49. The van der Waals surface area contributed by atoms with E-state index in [1.807, 2.05) is 44.3 Å². The molecular weight excluding hydrogens is 274 g/mol. The molecule has 2 rings (SSSR count). The summed E-state index contributed by atoms with van der Waals surface area (Å²) in [5.41, 5.74) is 0.528. The van der Waals surface area contributed by atoms with Crippen molar-refractivity contribution in [2.45, 2.75) is 39.9 Å². The van der Waals surface area contributed by atoms with Gasteiger partial charge in [-0.15, -0.1) is 0 Å². The Morgan fingerprint density at radius 3 is 2.90 bits per heavy atom. The van der Waals surface area contributed by atoms with Crippen molar-refractivity contribution in [3.8, 4) is 0 Å². The Labute approximate surface area is 124 Å². The smallest absolute Gasteiger partial charge is 0.141 e. The van der Waals surface area contributed by atoms with Gasteiger partial charge in [0.1, 0.15) is 12.5 Å². The molecule has 0 aliphatic heterocycles. The number of aromatic nitrogens is 2. The normalized spacial score (nSPS) is 25.9. The van der Waals surface area contributed by atoms with Crippen LogP contribution in [-0.2, 0) is 11.5 Å². The van der Waals surface area contributed by atoms with Crippen molar-refractivity contribution >= 4 is 17.6 Å². The molecule has 2 unspecified atom stereocenters. The molecule has 1 aliphatic rings. The van der Waals surface area contributed by atoms with E-state index in [1.54, 1.807) is 22.2 Å². The van der Waals surface area contributed by atoms with Crippen LogP contribution in [0.15, 0.2) is 42.3 Å². The predicted octanol–water partition coefficient (Wildman–Crippen LogP) is 3.17. The van der Waals surface area contributed by atoms with Gasteiger partial charge in [-0.3, -0.25) is 9.48 Å². The van der Waals surface area contributed by atoms with Crippen LogP contribution >= 0.6 is 11.8 Å². The maximum atomic E-state index is 12.2. The molecule has 0 fully saturated rings. The van der Waals surface area contributed by atoms with E-state index in [9.17, 15) is 4.79 Å². The Bertz CT molecular complexity index is 535. The fourth-order valence-corrected chi connectivity index (χ4v) is 3.34. The maximum absolute atomic E-state index is 12.2. The van der Waals surface area contributed by atoms with Gasteiger partial charge in [0.25, 0.3) is 0 Å². The van der Waals surface area contributed by atoms with Crippen molar-refractivity contribution in [2.75, 3.05) is 0 Å². The summed E-state index contributed by atoms with van der Waals surface area (Å²) in [5.74, 6) is 0.139. The quantitative estimate of drug-likeness (QED) is 0.783.